The first-order valence-corrected chi connectivity index (χ1v) is 7.57. The first-order chi connectivity index (χ1) is 9.88. The topological polar surface area (TPSA) is 21.3 Å². The number of piperidine rings is 1. The Morgan fingerprint density at radius 1 is 1.10 bits per heavy atom. The van der Waals surface area contributed by atoms with Crippen LogP contribution in [0.25, 0.3) is 10.8 Å². The average Bonchev–Trinajstić information content (AvgIpc) is 2.53. The minimum atomic E-state index is 0. The Balaban J connectivity index is 0.00000161. The number of benzene rings is 2. The van der Waals surface area contributed by atoms with E-state index < -0.39 is 0 Å². The van der Waals surface area contributed by atoms with Crippen LogP contribution in [0.5, 0.6) is 0 Å². The van der Waals surface area contributed by atoms with Crippen molar-refractivity contribution in [2.75, 3.05) is 26.8 Å². The van der Waals surface area contributed by atoms with Crippen molar-refractivity contribution >= 4 is 23.2 Å². The lowest BCUT2D eigenvalue weighted by atomic mass is 9.80. The third-order valence-electron chi connectivity index (χ3n) is 4.50. The quantitative estimate of drug-likeness (QED) is 0.922. The summed E-state index contributed by atoms with van der Waals surface area (Å²) in [7, 11) is 1.81. The number of halogens is 1. The Morgan fingerprint density at radius 2 is 1.81 bits per heavy atom. The van der Waals surface area contributed by atoms with Crippen LogP contribution >= 0.6 is 12.4 Å². The van der Waals surface area contributed by atoms with Crippen LogP contribution in [-0.4, -0.2) is 26.8 Å². The van der Waals surface area contributed by atoms with E-state index in [0.29, 0.717) is 5.92 Å². The molecule has 0 amide bonds. The van der Waals surface area contributed by atoms with Gasteiger partial charge in [-0.15, -0.1) is 12.4 Å². The van der Waals surface area contributed by atoms with Gasteiger partial charge in [-0.2, -0.15) is 0 Å². The molecule has 1 aliphatic rings. The maximum absolute atomic E-state index is 5.50. The van der Waals surface area contributed by atoms with Crippen LogP contribution in [0, 0.1) is 5.92 Å². The van der Waals surface area contributed by atoms with E-state index in [0.717, 1.165) is 25.6 Å². The fraction of sp³-hybridized carbons (Fsp3) is 0.444. The summed E-state index contributed by atoms with van der Waals surface area (Å²) in [5.74, 6) is 1.25. The van der Waals surface area contributed by atoms with Crippen LogP contribution in [0.1, 0.15) is 24.3 Å². The number of hydrogen-bond donors (Lipinski definition) is 1. The summed E-state index contributed by atoms with van der Waals surface area (Å²) in [5.41, 5.74) is 1.43. The van der Waals surface area contributed by atoms with Gasteiger partial charge in [-0.05, 0) is 48.2 Å². The van der Waals surface area contributed by atoms with Gasteiger partial charge in [0.15, 0.2) is 0 Å². The van der Waals surface area contributed by atoms with Gasteiger partial charge in [0, 0.05) is 13.0 Å². The lowest BCUT2D eigenvalue weighted by Crippen LogP contribution is -2.32. The van der Waals surface area contributed by atoms with E-state index in [9.17, 15) is 0 Å². The molecule has 1 heterocycles. The molecule has 114 valence electrons. The van der Waals surface area contributed by atoms with Crippen molar-refractivity contribution in [3.05, 3.63) is 48.0 Å². The van der Waals surface area contributed by atoms with E-state index in [-0.39, 0.29) is 12.4 Å². The summed E-state index contributed by atoms with van der Waals surface area (Å²) < 4.78 is 5.50. The van der Waals surface area contributed by atoms with Crippen LogP contribution in [0.15, 0.2) is 42.5 Å². The summed E-state index contributed by atoms with van der Waals surface area (Å²) in [5, 5.41) is 6.10. The van der Waals surface area contributed by atoms with Gasteiger partial charge < -0.3 is 10.1 Å². The zero-order valence-corrected chi connectivity index (χ0v) is 13.4. The zero-order valence-electron chi connectivity index (χ0n) is 12.5. The van der Waals surface area contributed by atoms with Crippen LogP contribution in [-0.2, 0) is 4.74 Å². The minimum absolute atomic E-state index is 0. The van der Waals surface area contributed by atoms with Crippen molar-refractivity contribution in [3.8, 4) is 0 Å². The lowest BCUT2D eigenvalue weighted by molar-refractivity contribution is 0.144. The predicted octanol–water partition coefficient (Wildman–Crippen LogP) is 3.99. The molecule has 0 aromatic heterocycles. The molecule has 0 saturated carbocycles. The zero-order chi connectivity index (χ0) is 13.8. The molecule has 2 aromatic carbocycles. The number of methoxy groups -OCH3 is 1. The molecule has 1 N–H and O–H groups in total. The standard InChI is InChI=1S/C18H23NO.ClH/c1-20-13-18(15-8-10-19-11-9-15)17-7-6-14-4-2-3-5-16(14)12-17;/h2-7,12,15,18-19H,8-11,13H2,1H3;1H. The summed E-state index contributed by atoms with van der Waals surface area (Å²) in [6.45, 7) is 3.10. The summed E-state index contributed by atoms with van der Waals surface area (Å²) in [4.78, 5) is 0. The maximum atomic E-state index is 5.50. The van der Waals surface area contributed by atoms with Crippen molar-refractivity contribution < 1.29 is 4.74 Å². The molecule has 0 bridgehead atoms. The van der Waals surface area contributed by atoms with Gasteiger partial charge in [-0.1, -0.05) is 42.5 Å². The van der Waals surface area contributed by atoms with Crippen molar-refractivity contribution in [3.63, 3.8) is 0 Å². The molecule has 1 aliphatic heterocycles. The molecule has 0 radical (unpaired) electrons. The largest absolute Gasteiger partial charge is 0.384 e. The van der Waals surface area contributed by atoms with Crippen molar-refractivity contribution in [1.82, 2.24) is 5.32 Å². The highest BCUT2D eigenvalue weighted by atomic mass is 35.5. The number of ether oxygens (including phenoxy) is 1. The molecular weight excluding hydrogens is 282 g/mol. The molecule has 1 fully saturated rings. The van der Waals surface area contributed by atoms with Gasteiger partial charge in [0.2, 0.25) is 0 Å². The predicted molar refractivity (Wildman–Crippen MR) is 91.4 cm³/mol. The van der Waals surface area contributed by atoms with E-state index >= 15 is 0 Å². The van der Waals surface area contributed by atoms with Gasteiger partial charge >= 0.3 is 0 Å². The molecule has 21 heavy (non-hydrogen) atoms. The van der Waals surface area contributed by atoms with Crippen LogP contribution in [0.2, 0.25) is 0 Å². The van der Waals surface area contributed by atoms with Crippen LogP contribution < -0.4 is 5.32 Å². The number of nitrogens with one attached hydrogen (secondary N) is 1. The highest BCUT2D eigenvalue weighted by Gasteiger charge is 2.25. The Morgan fingerprint density at radius 3 is 2.52 bits per heavy atom. The first-order valence-electron chi connectivity index (χ1n) is 7.57. The molecule has 1 unspecified atom stereocenters. The molecule has 3 heteroatoms. The number of rotatable bonds is 4. The van der Waals surface area contributed by atoms with Gasteiger partial charge in [0.25, 0.3) is 0 Å². The summed E-state index contributed by atoms with van der Waals surface area (Å²) in [6.07, 6.45) is 2.50. The third-order valence-corrected chi connectivity index (χ3v) is 4.50. The van der Waals surface area contributed by atoms with Crippen LogP contribution in [0.3, 0.4) is 0 Å². The van der Waals surface area contributed by atoms with E-state index in [1.807, 2.05) is 7.11 Å². The highest BCUT2D eigenvalue weighted by Crippen LogP contribution is 2.32. The van der Waals surface area contributed by atoms with E-state index in [4.69, 9.17) is 4.74 Å². The van der Waals surface area contributed by atoms with Crippen molar-refractivity contribution in [2.24, 2.45) is 5.92 Å². The fourth-order valence-corrected chi connectivity index (χ4v) is 3.37. The van der Waals surface area contributed by atoms with E-state index in [1.165, 1.54) is 29.2 Å². The maximum Gasteiger partial charge on any atom is 0.0533 e. The Hall–Kier alpha value is -1.09. The van der Waals surface area contributed by atoms with E-state index in [2.05, 4.69) is 47.8 Å². The highest BCUT2D eigenvalue weighted by molar-refractivity contribution is 5.85. The first kappa shape index (κ1) is 16.3. The molecular formula is C18H24ClNO. The van der Waals surface area contributed by atoms with Gasteiger partial charge in [-0.3, -0.25) is 0 Å². The second-order valence-electron chi connectivity index (χ2n) is 5.76. The number of fused-ring (bicyclic) bond motifs is 1. The lowest BCUT2D eigenvalue weighted by Gasteiger charge is -2.30. The summed E-state index contributed by atoms with van der Waals surface area (Å²) in [6, 6.07) is 15.5. The Kier molecular flexibility index (Phi) is 6.04. The normalized spacial score (nSPS) is 17.4. The van der Waals surface area contributed by atoms with Gasteiger partial charge in [0.1, 0.15) is 0 Å². The molecule has 2 nitrogen and oxygen atoms in total. The Labute approximate surface area is 133 Å². The fourth-order valence-electron chi connectivity index (χ4n) is 3.37. The Bertz CT molecular complexity index is 566. The van der Waals surface area contributed by atoms with Gasteiger partial charge in [-0.25, -0.2) is 0 Å². The van der Waals surface area contributed by atoms with Crippen molar-refractivity contribution in [1.29, 1.82) is 0 Å². The third kappa shape index (κ3) is 3.76. The number of hydrogen-bond acceptors (Lipinski definition) is 2. The van der Waals surface area contributed by atoms with Crippen LogP contribution in [0.4, 0.5) is 0 Å². The SMILES string of the molecule is COCC(c1ccc2ccccc2c1)C1CCNCC1.Cl. The molecule has 1 saturated heterocycles. The molecule has 3 rings (SSSR count). The monoisotopic (exact) mass is 305 g/mol. The second kappa shape index (κ2) is 7.79. The molecule has 0 spiro atoms. The average molecular weight is 306 g/mol. The molecule has 0 aliphatic carbocycles. The smallest absolute Gasteiger partial charge is 0.0533 e. The second-order valence-corrected chi connectivity index (χ2v) is 5.76. The van der Waals surface area contributed by atoms with Crippen molar-refractivity contribution in [2.45, 2.75) is 18.8 Å². The van der Waals surface area contributed by atoms with E-state index in [1.54, 1.807) is 0 Å². The van der Waals surface area contributed by atoms with Gasteiger partial charge in [0.05, 0.1) is 6.61 Å². The summed E-state index contributed by atoms with van der Waals surface area (Å²) >= 11 is 0. The molecule has 2 aromatic rings. The molecule has 1 atom stereocenters. The minimum Gasteiger partial charge on any atom is -0.384 e.